The molecule has 0 aliphatic heterocycles. The lowest BCUT2D eigenvalue weighted by Gasteiger charge is -2.14. The third-order valence-corrected chi connectivity index (χ3v) is 4.95. The average molecular weight is 372 g/mol. The molecule has 0 aliphatic rings. The fourth-order valence-corrected chi connectivity index (χ4v) is 3.16. The summed E-state index contributed by atoms with van der Waals surface area (Å²) < 4.78 is 26.3. The van der Waals surface area contributed by atoms with Crippen LogP contribution in [0, 0.1) is 6.92 Å². The molecule has 2 rings (SSSR count). The van der Waals surface area contributed by atoms with E-state index in [2.05, 4.69) is 10.0 Å². The minimum absolute atomic E-state index is 0.0495. The summed E-state index contributed by atoms with van der Waals surface area (Å²) in [5.41, 5.74) is 2.91. The Hall–Kier alpha value is -2.44. The highest BCUT2D eigenvalue weighted by Gasteiger charge is 2.10. The molecule has 1 amide bonds. The van der Waals surface area contributed by atoms with Gasteiger partial charge in [-0.25, -0.2) is 13.1 Å². The van der Waals surface area contributed by atoms with Crippen LogP contribution in [0.25, 0.3) is 6.08 Å². The third-order valence-electron chi connectivity index (χ3n) is 3.85. The quantitative estimate of drug-likeness (QED) is 0.747. The van der Waals surface area contributed by atoms with Crippen molar-refractivity contribution in [3.05, 3.63) is 76.7 Å². The van der Waals surface area contributed by atoms with Crippen LogP contribution in [-0.4, -0.2) is 20.9 Å². The molecule has 0 radical (unpaired) electrons. The number of carbonyl (C=O) groups excluding carboxylic acids is 1. The zero-order chi connectivity index (χ0) is 19.0. The van der Waals surface area contributed by atoms with Gasteiger partial charge in [-0.1, -0.05) is 60.2 Å². The van der Waals surface area contributed by atoms with Crippen LogP contribution >= 0.6 is 0 Å². The molecule has 6 heteroatoms. The summed E-state index contributed by atoms with van der Waals surface area (Å²) >= 11 is 0. The van der Waals surface area contributed by atoms with E-state index in [0.29, 0.717) is 0 Å². The molecule has 0 spiro atoms. The lowest BCUT2D eigenvalue weighted by molar-refractivity contribution is -0.121. The predicted molar refractivity (Wildman–Crippen MR) is 105 cm³/mol. The molecule has 0 saturated carbocycles. The Labute approximate surface area is 155 Å². The Morgan fingerprint density at radius 1 is 1.08 bits per heavy atom. The molecule has 0 unspecified atom stereocenters. The van der Waals surface area contributed by atoms with Gasteiger partial charge in [-0.15, -0.1) is 0 Å². The first-order chi connectivity index (χ1) is 12.4. The number of sulfonamides is 1. The standard InChI is InChI=1S/C20H24N2O3S/c1-16-8-10-18(11-9-16)13-15-26(24,25)21-14-12-20(23)22-17(2)19-6-4-3-5-7-19/h3-11,13,15,17,21H,12,14H2,1-2H3,(H,22,23)/b15-13+/t17-/m0/s1. The smallest absolute Gasteiger partial charge is 0.233 e. The Balaban J connectivity index is 1.78. The molecule has 0 fully saturated rings. The second kappa shape index (κ2) is 9.31. The Morgan fingerprint density at radius 3 is 2.38 bits per heavy atom. The van der Waals surface area contributed by atoms with Gasteiger partial charge in [0.25, 0.3) is 0 Å². The number of aryl methyl sites for hydroxylation is 1. The maximum absolute atomic E-state index is 12.0. The second-order valence-electron chi connectivity index (χ2n) is 6.10. The SMILES string of the molecule is Cc1ccc(/C=C/S(=O)(=O)NCCC(=O)N[C@@H](C)c2ccccc2)cc1. The number of amides is 1. The van der Waals surface area contributed by atoms with E-state index in [0.717, 1.165) is 22.1 Å². The van der Waals surface area contributed by atoms with Crippen molar-refractivity contribution in [2.24, 2.45) is 0 Å². The Bertz CT molecular complexity index is 844. The Kier molecular flexibility index (Phi) is 7.12. The second-order valence-corrected chi connectivity index (χ2v) is 7.75. The number of benzene rings is 2. The number of nitrogens with one attached hydrogen (secondary N) is 2. The largest absolute Gasteiger partial charge is 0.350 e. The van der Waals surface area contributed by atoms with Crippen LogP contribution in [0.4, 0.5) is 0 Å². The lowest BCUT2D eigenvalue weighted by atomic mass is 10.1. The van der Waals surface area contributed by atoms with E-state index in [1.165, 1.54) is 6.08 Å². The van der Waals surface area contributed by atoms with Gasteiger partial charge in [0.1, 0.15) is 0 Å². The normalized spacial score (nSPS) is 12.8. The van der Waals surface area contributed by atoms with Gasteiger partial charge in [-0.2, -0.15) is 0 Å². The summed E-state index contributed by atoms with van der Waals surface area (Å²) in [6.45, 7) is 3.91. The van der Waals surface area contributed by atoms with E-state index in [1.54, 1.807) is 0 Å². The van der Waals surface area contributed by atoms with E-state index in [4.69, 9.17) is 0 Å². The molecule has 0 saturated heterocycles. The highest BCUT2D eigenvalue weighted by molar-refractivity contribution is 7.92. The molecule has 2 aromatic carbocycles. The van der Waals surface area contributed by atoms with E-state index < -0.39 is 10.0 Å². The maximum Gasteiger partial charge on any atom is 0.233 e. The van der Waals surface area contributed by atoms with Crippen molar-refractivity contribution >= 4 is 22.0 Å². The van der Waals surface area contributed by atoms with Gasteiger partial charge in [0.05, 0.1) is 6.04 Å². The molecule has 2 N–H and O–H groups in total. The van der Waals surface area contributed by atoms with Gasteiger partial charge in [-0.3, -0.25) is 4.79 Å². The van der Waals surface area contributed by atoms with Crippen molar-refractivity contribution in [2.75, 3.05) is 6.54 Å². The first-order valence-corrected chi connectivity index (χ1v) is 9.99. The molecule has 138 valence electrons. The van der Waals surface area contributed by atoms with Crippen molar-refractivity contribution in [3.63, 3.8) is 0 Å². The Morgan fingerprint density at radius 2 is 1.73 bits per heavy atom. The number of hydrogen-bond acceptors (Lipinski definition) is 3. The molecule has 0 heterocycles. The first-order valence-electron chi connectivity index (χ1n) is 8.44. The van der Waals surface area contributed by atoms with Crippen LogP contribution in [-0.2, 0) is 14.8 Å². The third kappa shape index (κ3) is 6.82. The molecular weight excluding hydrogens is 348 g/mol. The van der Waals surface area contributed by atoms with E-state index in [1.807, 2.05) is 68.4 Å². The average Bonchev–Trinajstić information content (AvgIpc) is 2.62. The number of hydrogen-bond donors (Lipinski definition) is 2. The minimum Gasteiger partial charge on any atom is -0.350 e. The summed E-state index contributed by atoms with van der Waals surface area (Å²) in [7, 11) is -3.58. The van der Waals surface area contributed by atoms with Gasteiger partial charge in [0.2, 0.25) is 15.9 Å². The molecule has 5 nitrogen and oxygen atoms in total. The van der Waals surface area contributed by atoms with Crippen LogP contribution in [0.15, 0.2) is 60.0 Å². The lowest BCUT2D eigenvalue weighted by Crippen LogP contribution is -2.31. The van der Waals surface area contributed by atoms with E-state index in [9.17, 15) is 13.2 Å². The summed E-state index contributed by atoms with van der Waals surface area (Å²) in [5.74, 6) is -0.202. The van der Waals surface area contributed by atoms with Crippen LogP contribution in [0.2, 0.25) is 0 Å². The topological polar surface area (TPSA) is 75.3 Å². The zero-order valence-electron chi connectivity index (χ0n) is 15.0. The van der Waals surface area contributed by atoms with Crippen LogP contribution < -0.4 is 10.0 Å². The van der Waals surface area contributed by atoms with Gasteiger partial charge in [0, 0.05) is 18.4 Å². The highest BCUT2D eigenvalue weighted by atomic mass is 32.2. The highest BCUT2D eigenvalue weighted by Crippen LogP contribution is 2.11. The maximum atomic E-state index is 12.0. The molecule has 2 aromatic rings. The molecular formula is C20H24N2O3S. The molecule has 0 bridgehead atoms. The minimum atomic E-state index is -3.58. The molecule has 0 aliphatic carbocycles. The zero-order valence-corrected chi connectivity index (χ0v) is 15.8. The van der Waals surface area contributed by atoms with Crippen molar-refractivity contribution in [3.8, 4) is 0 Å². The monoisotopic (exact) mass is 372 g/mol. The van der Waals surface area contributed by atoms with Crippen LogP contribution in [0.1, 0.15) is 36.1 Å². The fourth-order valence-electron chi connectivity index (χ4n) is 2.34. The van der Waals surface area contributed by atoms with Crippen molar-refractivity contribution in [1.82, 2.24) is 10.0 Å². The molecule has 0 aromatic heterocycles. The van der Waals surface area contributed by atoms with Crippen molar-refractivity contribution in [2.45, 2.75) is 26.3 Å². The van der Waals surface area contributed by atoms with E-state index >= 15 is 0 Å². The fraction of sp³-hybridized carbons (Fsp3) is 0.250. The first kappa shape index (κ1) is 19.9. The molecule has 1 atom stereocenters. The number of carbonyl (C=O) groups is 1. The summed E-state index contributed by atoms with van der Waals surface area (Å²) in [6.07, 6.45) is 1.61. The van der Waals surface area contributed by atoms with Crippen molar-refractivity contribution in [1.29, 1.82) is 0 Å². The summed E-state index contributed by atoms with van der Waals surface area (Å²) in [5, 5.41) is 3.97. The van der Waals surface area contributed by atoms with Crippen LogP contribution in [0.3, 0.4) is 0 Å². The van der Waals surface area contributed by atoms with Gasteiger partial charge in [-0.05, 0) is 31.1 Å². The molecule has 26 heavy (non-hydrogen) atoms. The van der Waals surface area contributed by atoms with Crippen LogP contribution in [0.5, 0.6) is 0 Å². The summed E-state index contributed by atoms with van der Waals surface area (Å²) in [4.78, 5) is 12.0. The summed E-state index contributed by atoms with van der Waals surface area (Å²) in [6, 6.07) is 17.0. The van der Waals surface area contributed by atoms with Crippen molar-refractivity contribution < 1.29 is 13.2 Å². The van der Waals surface area contributed by atoms with Gasteiger partial charge >= 0.3 is 0 Å². The van der Waals surface area contributed by atoms with E-state index in [-0.39, 0.29) is 24.9 Å². The van der Waals surface area contributed by atoms with Gasteiger partial charge < -0.3 is 5.32 Å². The number of rotatable bonds is 8. The predicted octanol–water partition coefficient (Wildman–Crippen LogP) is 3.15. The van der Waals surface area contributed by atoms with Gasteiger partial charge in [0.15, 0.2) is 0 Å².